The quantitative estimate of drug-likeness (QED) is 0.338. The van der Waals surface area contributed by atoms with E-state index >= 15 is 0 Å². The van der Waals surface area contributed by atoms with Gasteiger partial charge in [0.05, 0.1) is 7.11 Å². The first-order chi connectivity index (χ1) is 8.31. The summed E-state index contributed by atoms with van der Waals surface area (Å²) in [5, 5.41) is 8.35. The Labute approximate surface area is 103 Å². The van der Waals surface area contributed by atoms with E-state index in [1.807, 2.05) is 24.3 Å². The molecule has 0 radical (unpaired) electrons. The Morgan fingerprint density at radius 2 is 2.00 bits per heavy atom. The SMILES string of the molecule is CCCC/C=C(/OC)c1ccc(COO)cc1. The molecule has 1 aromatic rings. The van der Waals surface area contributed by atoms with E-state index in [1.165, 1.54) is 12.8 Å². The molecule has 0 aliphatic carbocycles. The van der Waals surface area contributed by atoms with Crippen molar-refractivity contribution in [3.05, 3.63) is 41.5 Å². The first-order valence-corrected chi connectivity index (χ1v) is 5.91. The first kappa shape index (κ1) is 13.7. The van der Waals surface area contributed by atoms with Crippen molar-refractivity contribution < 1.29 is 14.9 Å². The van der Waals surface area contributed by atoms with Crippen LogP contribution in [-0.2, 0) is 16.2 Å². The molecule has 3 heteroatoms. The van der Waals surface area contributed by atoms with Gasteiger partial charge in [-0.2, -0.15) is 0 Å². The van der Waals surface area contributed by atoms with Gasteiger partial charge in [0.25, 0.3) is 0 Å². The lowest BCUT2D eigenvalue weighted by Crippen LogP contribution is -1.91. The van der Waals surface area contributed by atoms with Crippen LogP contribution in [0, 0.1) is 0 Å². The van der Waals surface area contributed by atoms with E-state index in [9.17, 15) is 0 Å². The van der Waals surface area contributed by atoms with Gasteiger partial charge in [-0.1, -0.05) is 37.6 Å². The normalized spacial score (nSPS) is 11.6. The fourth-order valence-corrected chi connectivity index (χ4v) is 1.60. The second-order valence-electron chi connectivity index (χ2n) is 3.89. The van der Waals surface area contributed by atoms with Crippen molar-refractivity contribution in [3.63, 3.8) is 0 Å². The molecule has 0 aromatic heterocycles. The lowest BCUT2D eigenvalue weighted by molar-refractivity contribution is -0.253. The maximum Gasteiger partial charge on any atom is 0.122 e. The molecule has 0 aliphatic rings. The lowest BCUT2D eigenvalue weighted by atomic mass is 10.1. The molecule has 94 valence electrons. The Kier molecular flexibility index (Phi) is 6.37. The minimum Gasteiger partial charge on any atom is -0.496 e. The molecule has 1 N–H and O–H groups in total. The minimum absolute atomic E-state index is 0.210. The molecule has 0 amide bonds. The zero-order valence-corrected chi connectivity index (χ0v) is 10.5. The summed E-state index contributed by atoms with van der Waals surface area (Å²) in [6.07, 6.45) is 5.49. The minimum atomic E-state index is 0.210. The summed E-state index contributed by atoms with van der Waals surface area (Å²) in [7, 11) is 1.68. The summed E-state index contributed by atoms with van der Waals surface area (Å²) in [6.45, 7) is 2.38. The van der Waals surface area contributed by atoms with Crippen LogP contribution in [0.1, 0.15) is 37.3 Å². The average Bonchev–Trinajstić information content (AvgIpc) is 2.36. The molecular formula is C14H20O3. The van der Waals surface area contributed by atoms with Crippen LogP contribution in [0.5, 0.6) is 0 Å². The molecule has 0 aliphatic heterocycles. The number of hydrogen-bond donors (Lipinski definition) is 1. The molecule has 0 saturated heterocycles. The van der Waals surface area contributed by atoms with E-state index in [-0.39, 0.29) is 6.61 Å². The Morgan fingerprint density at radius 1 is 1.29 bits per heavy atom. The molecule has 0 spiro atoms. The van der Waals surface area contributed by atoms with E-state index in [2.05, 4.69) is 17.9 Å². The molecule has 0 bridgehead atoms. The number of allylic oxidation sites excluding steroid dienone is 1. The highest BCUT2D eigenvalue weighted by atomic mass is 17.1. The summed E-state index contributed by atoms with van der Waals surface area (Å²) in [5.41, 5.74) is 1.98. The van der Waals surface area contributed by atoms with Gasteiger partial charge in [-0.25, -0.2) is 4.89 Å². The van der Waals surface area contributed by atoms with Gasteiger partial charge in [0, 0.05) is 5.56 Å². The van der Waals surface area contributed by atoms with Crippen molar-refractivity contribution in [2.24, 2.45) is 0 Å². The summed E-state index contributed by atoms with van der Waals surface area (Å²) >= 11 is 0. The summed E-state index contributed by atoms with van der Waals surface area (Å²) in [5.74, 6) is 0.898. The van der Waals surface area contributed by atoms with Crippen molar-refractivity contribution in [1.82, 2.24) is 0 Å². The molecule has 3 nitrogen and oxygen atoms in total. The molecule has 0 saturated carbocycles. The van der Waals surface area contributed by atoms with Crippen molar-refractivity contribution >= 4 is 5.76 Å². The molecule has 17 heavy (non-hydrogen) atoms. The van der Waals surface area contributed by atoms with Gasteiger partial charge in [0.2, 0.25) is 0 Å². The van der Waals surface area contributed by atoms with E-state index < -0.39 is 0 Å². The van der Waals surface area contributed by atoms with Gasteiger partial charge >= 0.3 is 0 Å². The standard InChI is InChI=1S/C14H20O3/c1-3-4-5-6-14(16-2)13-9-7-12(8-10-13)11-17-15/h6-10,15H,3-5,11H2,1-2H3/b14-6+. The van der Waals surface area contributed by atoms with Gasteiger partial charge in [-0.15, -0.1) is 0 Å². The van der Waals surface area contributed by atoms with E-state index in [1.54, 1.807) is 7.11 Å². The van der Waals surface area contributed by atoms with Gasteiger partial charge in [0.15, 0.2) is 0 Å². The predicted molar refractivity (Wildman–Crippen MR) is 68.4 cm³/mol. The third-order valence-electron chi connectivity index (χ3n) is 2.58. The fourth-order valence-electron chi connectivity index (χ4n) is 1.60. The van der Waals surface area contributed by atoms with Crippen LogP contribution in [0.4, 0.5) is 0 Å². The number of unbranched alkanes of at least 4 members (excludes halogenated alkanes) is 2. The summed E-state index contributed by atoms with van der Waals surface area (Å²) in [4.78, 5) is 4.09. The number of rotatable bonds is 7. The zero-order valence-electron chi connectivity index (χ0n) is 10.5. The van der Waals surface area contributed by atoms with Crippen LogP contribution in [0.25, 0.3) is 5.76 Å². The molecule has 0 atom stereocenters. The Bertz CT molecular complexity index is 341. The number of benzene rings is 1. The zero-order chi connectivity index (χ0) is 12.5. The summed E-state index contributed by atoms with van der Waals surface area (Å²) < 4.78 is 5.36. The maximum atomic E-state index is 8.35. The van der Waals surface area contributed by atoms with Crippen molar-refractivity contribution in [3.8, 4) is 0 Å². The van der Waals surface area contributed by atoms with Crippen LogP contribution >= 0.6 is 0 Å². The van der Waals surface area contributed by atoms with Crippen LogP contribution in [0.15, 0.2) is 30.3 Å². The third kappa shape index (κ3) is 4.59. The Balaban J connectivity index is 2.71. The Hall–Kier alpha value is -1.32. The molecule has 0 heterocycles. The van der Waals surface area contributed by atoms with Crippen LogP contribution < -0.4 is 0 Å². The van der Waals surface area contributed by atoms with Gasteiger partial charge < -0.3 is 4.74 Å². The highest BCUT2D eigenvalue weighted by Gasteiger charge is 2.01. The van der Waals surface area contributed by atoms with Gasteiger partial charge in [-0.05, 0) is 24.5 Å². The van der Waals surface area contributed by atoms with E-state index in [0.29, 0.717) is 0 Å². The van der Waals surface area contributed by atoms with Crippen molar-refractivity contribution in [2.75, 3.05) is 7.11 Å². The van der Waals surface area contributed by atoms with Crippen molar-refractivity contribution in [1.29, 1.82) is 0 Å². The third-order valence-corrected chi connectivity index (χ3v) is 2.58. The highest BCUT2D eigenvalue weighted by Crippen LogP contribution is 2.17. The fraction of sp³-hybridized carbons (Fsp3) is 0.429. The molecule has 1 rings (SSSR count). The topological polar surface area (TPSA) is 38.7 Å². The second-order valence-corrected chi connectivity index (χ2v) is 3.89. The van der Waals surface area contributed by atoms with Crippen molar-refractivity contribution in [2.45, 2.75) is 32.8 Å². The highest BCUT2D eigenvalue weighted by molar-refractivity contribution is 5.59. The molecule has 0 unspecified atom stereocenters. The number of ether oxygens (including phenoxy) is 1. The van der Waals surface area contributed by atoms with Crippen LogP contribution in [-0.4, -0.2) is 12.4 Å². The number of hydrogen-bond acceptors (Lipinski definition) is 3. The Morgan fingerprint density at radius 3 is 2.53 bits per heavy atom. The summed E-state index contributed by atoms with van der Waals surface area (Å²) in [6, 6.07) is 7.77. The predicted octanol–water partition coefficient (Wildman–Crippen LogP) is 3.85. The average molecular weight is 236 g/mol. The van der Waals surface area contributed by atoms with Crippen LogP contribution in [0.3, 0.4) is 0 Å². The first-order valence-electron chi connectivity index (χ1n) is 5.91. The molecule has 0 fully saturated rings. The lowest BCUT2D eigenvalue weighted by Gasteiger charge is -2.07. The molecular weight excluding hydrogens is 216 g/mol. The largest absolute Gasteiger partial charge is 0.496 e. The second kappa shape index (κ2) is 7.87. The van der Waals surface area contributed by atoms with E-state index in [0.717, 1.165) is 23.3 Å². The maximum absolute atomic E-state index is 8.35. The smallest absolute Gasteiger partial charge is 0.122 e. The monoisotopic (exact) mass is 236 g/mol. The van der Waals surface area contributed by atoms with Gasteiger partial charge in [0.1, 0.15) is 12.4 Å². The van der Waals surface area contributed by atoms with Gasteiger partial charge in [-0.3, -0.25) is 5.26 Å². The molecule has 1 aromatic carbocycles. The number of methoxy groups -OCH3 is 1. The van der Waals surface area contributed by atoms with Crippen LogP contribution in [0.2, 0.25) is 0 Å². The van der Waals surface area contributed by atoms with E-state index in [4.69, 9.17) is 9.99 Å².